The first-order chi connectivity index (χ1) is 17.4. The maximum absolute atomic E-state index is 13.1. The Kier molecular flexibility index (Phi) is 10.7. The number of nitrogens with zero attached hydrogens (tertiary/aromatic N) is 3. The first-order valence-corrected chi connectivity index (χ1v) is 12.5. The van der Waals surface area contributed by atoms with Crippen LogP contribution in [0.1, 0.15) is 5.56 Å². The van der Waals surface area contributed by atoms with E-state index in [9.17, 15) is 13.5 Å². The van der Waals surface area contributed by atoms with Crippen LogP contribution in [0, 0.1) is 0 Å². The summed E-state index contributed by atoms with van der Waals surface area (Å²) in [5.74, 6) is 1.01. The molecule has 1 heterocycles. The molecule has 0 atom stereocenters. The van der Waals surface area contributed by atoms with Crippen LogP contribution in [0.15, 0.2) is 71.6 Å². The van der Waals surface area contributed by atoms with Crippen LogP contribution < -0.4 is 66.2 Å². The molecule has 4 rings (SSSR count). The zero-order chi connectivity index (χ0) is 25.5. The van der Waals surface area contributed by atoms with Crippen molar-refractivity contribution in [1.29, 1.82) is 0 Å². The maximum Gasteiger partial charge on any atom is 1.00 e. The Bertz CT molecular complexity index is 1450. The fourth-order valence-corrected chi connectivity index (χ4v) is 4.38. The van der Waals surface area contributed by atoms with Crippen LogP contribution in [0.25, 0.3) is 15.8 Å². The van der Waals surface area contributed by atoms with Crippen molar-refractivity contribution in [2.75, 3.05) is 32.2 Å². The fraction of sp³-hybridized carbons (Fsp3) is 0.200. The van der Waals surface area contributed by atoms with Gasteiger partial charge in [-0.3, -0.25) is 0 Å². The molecule has 0 unspecified atom stereocenters. The first-order valence-electron chi connectivity index (χ1n) is 11.1. The van der Waals surface area contributed by atoms with E-state index in [1.165, 1.54) is 31.4 Å². The molecule has 188 valence electrons. The normalized spacial score (nSPS) is 11.0. The van der Waals surface area contributed by atoms with Crippen LogP contribution in [-0.2, 0) is 16.4 Å². The number of rotatable bonds is 11. The van der Waals surface area contributed by atoms with E-state index in [-0.39, 0.29) is 87.7 Å². The molecule has 0 fully saturated rings. The number of hydrogen-bond acceptors (Lipinski definition) is 9. The molecule has 0 spiro atoms. The van der Waals surface area contributed by atoms with E-state index in [0.29, 0.717) is 34.6 Å². The monoisotopic (exact) mass is 548 g/mol. The van der Waals surface area contributed by atoms with Crippen LogP contribution in [0.3, 0.4) is 0 Å². The predicted octanol–water partition coefficient (Wildman–Crippen LogP) is 0.686. The van der Waals surface area contributed by atoms with Gasteiger partial charge in [-0.2, -0.15) is 0 Å². The number of para-hydroxylation sites is 2. The smallest absolute Gasteiger partial charge is 0.497 e. The molecule has 1 aromatic heterocycles. The van der Waals surface area contributed by atoms with Gasteiger partial charge >= 0.3 is 51.4 Å². The van der Waals surface area contributed by atoms with E-state index in [1.54, 1.807) is 42.5 Å². The molecule has 0 saturated carbocycles. The summed E-state index contributed by atoms with van der Waals surface area (Å²) < 4.78 is 40.9. The number of methoxy groups -OCH3 is 1. The molecule has 0 amide bonds. The summed E-state index contributed by atoms with van der Waals surface area (Å²) >= 11 is 0. The number of nitrogens with one attached hydrogen (secondary N) is 1. The molecular formula is C25H25KN4O6S. The average Bonchev–Trinajstić information content (AvgIpc) is 2.89. The number of ether oxygens (including phenoxy) is 2. The average molecular weight is 549 g/mol. The molecule has 0 saturated heterocycles. The second-order valence-corrected chi connectivity index (χ2v) is 9.22. The van der Waals surface area contributed by atoms with Crippen molar-refractivity contribution >= 4 is 38.4 Å². The van der Waals surface area contributed by atoms with Crippen LogP contribution in [0.5, 0.6) is 11.5 Å². The number of fused-ring (bicyclic) bond motifs is 1. The van der Waals surface area contributed by atoms with Gasteiger partial charge in [-0.05, 0) is 59.7 Å². The minimum atomic E-state index is -4.15. The van der Waals surface area contributed by atoms with E-state index < -0.39 is 10.0 Å². The summed E-state index contributed by atoms with van der Waals surface area (Å²) in [6.45, 7) is -0.131. The van der Waals surface area contributed by atoms with Gasteiger partial charge < -0.3 is 34.7 Å². The predicted molar refractivity (Wildman–Crippen MR) is 136 cm³/mol. The molecule has 10 nitrogen and oxygen atoms in total. The number of benzene rings is 3. The number of hydrogen-bond donors (Lipinski definition) is 3. The molecule has 0 aliphatic rings. The van der Waals surface area contributed by atoms with Crippen molar-refractivity contribution in [1.82, 2.24) is 9.97 Å². The molecule has 0 aliphatic heterocycles. The van der Waals surface area contributed by atoms with Gasteiger partial charge in [0.25, 0.3) is 0 Å². The summed E-state index contributed by atoms with van der Waals surface area (Å²) in [5.41, 5.74) is 2.38. The van der Waals surface area contributed by atoms with Gasteiger partial charge in [-0.25, -0.2) is 13.4 Å². The number of aromatic nitrogens is 2. The first kappa shape index (κ1) is 29.3. The van der Waals surface area contributed by atoms with Crippen molar-refractivity contribution in [3.63, 3.8) is 0 Å². The third-order valence-electron chi connectivity index (χ3n) is 5.19. The zero-order valence-electron chi connectivity index (χ0n) is 20.5. The molecule has 37 heavy (non-hydrogen) atoms. The summed E-state index contributed by atoms with van der Waals surface area (Å²) in [6, 6.07) is 18.1. The van der Waals surface area contributed by atoms with E-state index in [0.717, 1.165) is 5.56 Å². The van der Waals surface area contributed by atoms with Crippen LogP contribution in [-0.4, -0.2) is 55.5 Å². The van der Waals surface area contributed by atoms with Gasteiger partial charge in [-0.15, -0.1) is 0 Å². The van der Waals surface area contributed by atoms with Gasteiger partial charge in [-0.1, -0.05) is 24.3 Å². The number of aliphatic hydroxyl groups is 2. The maximum atomic E-state index is 13.1. The van der Waals surface area contributed by atoms with Gasteiger partial charge in [0.2, 0.25) is 10.0 Å². The Hall–Kier alpha value is -2.29. The second-order valence-electron chi connectivity index (χ2n) is 7.62. The summed E-state index contributed by atoms with van der Waals surface area (Å²) in [5, 5.41) is 21.5. The zero-order valence-corrected chi connectivity index (χ0v) is 24.4. The van der Waals surface area contributed by atoms with Gasteiger partial charge in [0.05, 0.1) is 24.1 Å². The van der Waals surface area contributed by atoms with Crippen LogP contribution in [0.4, 0.5) is 17.3 Å². The van der Waals surface area contributed by atoms with E-state index in [2.05, 4.69) is 20.0 Å². The second kappa shape index (κ2) is 13.5. The minimum Gasteiger partial charge on any atom is -0.497 e. The van der Waals surface area contributed by atoms with Crippen molar-refractivity contribution in [2.24, 2.45) is 0 Å². The SMILES string of the molecule is COc1ccc(CCO)c(Nc2nc3ccccc3nc2[N-]S(=O)(=O)c2ccc(OCCO)cc2)c1.[K+]. The fourth-order valence-electron chi connectivity index (χ4n) is 3.44. The van der Waals surface area contributed by atoms with Crippen LogP contribution >= 0.6 is 0 Å². The standard InChI is InChI=1S/C25H25N4O6S.K/c1-34-19-7-6-17(12-13-30)23(16-19)28-24-25(27-22-5-3-2-4-21(22)26-24)29-36(32,33)20-10-8-18(9-11-20)35-15-14-31;/h2-11,16,30-31H,12-15H2,1H3,(H-,26,27,28,29);/q-1;+1. The Morgan fingerprint density at radius 2 is 1.59 bits per heavy atom. The Labute approximate surface area is 257 Å². The summed E-state index contributed by atoms with van der Waals surface area (Å²) in [6.07, 6.45) is 0.364. The van der Waals surface area contributed by atoms with Gasteiger partial charge in [0, 0.05) is 18.4 Å². The van der Waals surface area contributed by atoms with Crippen molar-refractivity contribution in [2.45, 2.75) is 11.3 Å². The molecule has 0 bridgehead atoms. The largest absolute Gasteiger partial charge is 1.00 e. The van der Waals surface area contributed by atoms with Gasteiger partial charge in [0.15, 0.2) is 0 Å². The Balaban J connectivity index is 0.00000380. The molecule has 0 aliphatic carbocycles. The topological polar surface area (TPSA) is 145 Å². The number of anilines is 2. The van der Waals surface area contributed by atoms with Crippen molar-refractivity contribution in [3.8, 4) is 11.5 Å². The Morgan fingerprint density at radius 3 is 2.24 bits per heavy atom. The number of sulfonamides is 1. The molecule has 3 aromatic carbocycles. The van der Waals surface area contributed by atoms with E-state index in [4.69, 9.17) is 14.6 Å². The third-order valence-corrected chi connectivity index (χ3v) is 6.47. The molecule has 0 radical (unpaired) electrons. The summed E-state index contributed by atoms with van der Waals surface area (Å²) in [4.78, 5) is 8.97. The molecule has 4 aromatic rings. The van der Waals surface area contributed by atoms with Crippen LogP contribution in [0.2, 0.25) is 0 Å². The van der Waals surface area contributed by atoms with Crippen molar-refractivity contribution in [3.05, 3.63) is 77.0 Å². The quantitative estimate of drug-likeness (QED) is 0.231. The van der Waals surface area contributed by atoms with Gasteiger partial charge in [0.1, 0.15) is 23.9 Å². The third kappa shape index (κ3) is 7.39. The van der Waals surface area contributed by atoms with E-state index in [1.807, 2.05) is 0 Å². The van der Waals surface area contributed by atoms with E-state index >= 15 is 0 Å². The Morgan fingerprint density at radius 1 is 0.919 bits per heavy atom. The summed E-state index contributed by atoms with van der Waals surface area (Å²) in [7, 11) is -2.62. The van der Waals surface area contributed by atoms with Crippen molar-refractivity contribution < 1.29 is 79.5 Å². The molecular weight excluding hydrogens is 523 g/mol. The molecule has 12 heteroatoms. The minimum absolute atomic E-state index is 0. The molecule has 3 N–H and O–H groups in total. The number of aliphatic hydroxyl groups excluding tert-OH is 2.